The minimum absolute atomic E-state index is 0.0302. The van der Waals surface area contributed by atoms with E-state index in [0.717, 1.165) is 12.5 Å². The normalized spacial score (nSPS) is 22.1. The van der Waals surface area contributed by atoms with E-state index in [0.29, 0.717) is 5.92 Å². The van der Waals surface area contributed by atoms with Crippen molar-refractivity contribution >= 4 is 48.8 Å². The van der Waals surface area contributed by atoms with Crippen molar-refractivity contribution in [1.29, 1.82) is 0 Å². The Bertz CT molecular complexity index is 645. The largest absolute Gasteiger partial charge is 0.349 e. The van der Waals surface area contributed by atoms with Crippen LogP contribution in [-0.4, -0.2) is 20.4 Å². The molecule has 1 saturated carbocycles. The molecule has 104 valence electrons. The maximum absolute atomic E-state index is 11.9. The van der Waals surface area contributed by atoms with E-state index in [9.17, 15) is 13.2 Å². The van der Waals surface area contributed by atoms with Gasteiger partial charge in [-0.05, 0) is 24.5 Å². The minimum atomic E-state index is -4.06. The zero-order valence-corrected chi connectivity index (χ0v) is 12.9. The number of nitrogens with one attached hydrogen (secondary N) is 1. The lowest BCUT2D eigenvalue weighted by atomic mass is 10.2. The van der Waals surface area contributed by atoms with Crippen LogP contribution in [0.15, 0.2) is 17.0 Å². The number of halogens is 3. The molecule has 1 amide bonds. The van der Waals surface area contributed by atoms with Crippen LogP contribution < -0.4 is 5.32 Å². The number of carbonyl (C=O) groups is 1. The first-order valence-electron chi connectivity index (χ1n) is 5.44. The number of hydrogen-bond acceptors (Lipinski definition) is 3. The molecule has 19 heavy (non-hydrogen) atoms. The van der Waals surface area contributed by atoms with Gasteiger partial charge in [0.25, 0.3) is 15.0 Å². The van der Waals surface area contributed by atoms with Crippen molar-refractivity contribution in [2.45, 2.75) is 24.3 Å². The number of amides is 1. The summed E-state index contributed by atoms with van der Waals surface area (Å²) in [5, 5.41) is 2.55. The summed E-state index contributed by atoms with van der Waals surface area (Å²) in [6, 6.07) is 2.56. The zero-order valence-electron chi connectivity index (χ0n) is 9.78. The lowest BCUT2D eigenvalue weighted by Gasteiger charge is -2.08. The minimum Gasteiger partial charge on any atom is -0.349 e. The van der Waals surface area contributed by atoms with Crippen LogP contribution in [0.4, 0.5) is 0 Å². The van der Waals surface area contributed by atoms with Crippen LogP contribution in [0.1, 0.15) is 23.7 Å². The molecule has 0 radical (unpaired) electrons. The molecule has 0 saturated heterocycles. The molecule has 1 aliphatic carbocycles. The Labute approximate surface area is 125 Å². The molecular weight excluding hydrogens is 333 g/mol. The maximum atomic E-state index is 11.9. The molecule has 0 spiro atoms. The number of benzene rings is 1. The molecule has 2 unspecified atom stereocenters. The SMILES string of the molecule is CC1CC1NC(=O)c1cc(Cl)c(Cl)c(S(=O)(=O)Cl)c1. The Morgan fingerprint density at radius 3 is 2.42 bits per heavy atom. The molecular formula is C11H10Cl3NO3S. The topological polar surface area (TPSA) is 63.2 Å². The van der Waals surface area contributed by atoms with E-state index in [1.54, 1.807) is 0 Å². The van der Waals surface area contributed by atoms with Gasteiger partial charge in [0.15, 0.2) is 0 Å². The van der Waals surface area contributed by atoms with Crippen molar-refractivity contribution in [3.05, 3.63) is 27.7 Å². The highest BCUT2D eigenvalue weighted by Crippen LogP contribution is 2.33. The molecule has 0 heterocycles. The van der Waals surface area contributed by atoms with Gasteiger partial charge in [0, 0.05) is 22.3 Å². The molecule has 2 atom stereocenters. The molecule has 0 bridgehead atoms. The molecule has 0 aliphatic heterocycles. The lowest BCUT2D eigenvalue weighted by molar-refractivity contribution is 0.0949. The third-order valence-electron chi connectivity index (χ3n) is 2.95. The van der Waals surface area contributed by atoms with Gasteiger partial charge in [-0.2, -0.15) is 0 Å². The second-order valence-electron chi connectivity index (χ2n) is 4.50. The predicted octanol–water partition coefficient (Wildman–Crippen LogP) is 3.06. The molecule has 1 N–H and O–H groups in total. The van der Waals surface area contributed by atoms with E-state index >= 15 is 0 Å². The van der Waals surface area contributed by atoms with Crippen LogP contribution in [0, 0.1) is 5.92 Å². The van der Waals surface area contributed by atoms with Gasteiger partial charge >= 0.3 is 0 Å². The van der Waals surface area contributed by atoms with Gasteiger partial charge in [-0.15, -0.1) is 0 Å². The van der Waals surface area contributed by atoms with Crippen molar-refractivity contribution in [2.24, 2.45) is 5.92 Å². The summed E-state index contributed by atoms with van der Waals surface area (Å²) < 4.78 is 22.7. The third-order valence-corrected chi connectivity index (χ3v) is 5.21. The van der Waals surface area contributed by atoms with Gasteiger partial charge in [-0.3, -0.25) is 4.79 Å². The smallest absolute Gasteiger partial charge is 0.262 e. The van der Waals surface area contributed by atoms with E-state index in [-0.39, 0.29) is 26.5 Å². The van der Waals surface area contributed by atoms with Gasteiger partial charge in [0.1, 0.15) is 4.90 Å². The fourth-order valence-electron chi connectivity index (χ4n) is 1.65. The Morgan fingerprint density at radius 1 is 1.37 bits per heavy atom. The highest BCUT2D eigenvalue weighted by molar-refractivity contribution is 8.13. The van der Waals surface area contributed by atoms with Crippen molar-refractivity contribution in [3.8, 4) is 0 Å². The third kappa shape index (κ3) is 3.34. The van der Waals surface area contributed by atoms with Crippen LogP contribution in [-0.2, 0) is 9.05 Å². The summed E-state index contributed by atoms with van der Waals surface area (Å²) in [4.78, 5) is 11.6. The highest BCUT2D eigenvalue weighted by atomic mass is 35.7. The monoisotopic (exact) mass is 341 g/mol. The summed E-state index contributed by atoms with van der Waals surface area (Å²) in [6.07, 6.45) is 0.910. The van der Waals surface area contributed by atoms with Gasteiger partial charge in [0.2, 0.25) is 0 Å². The van der Waals surface area contributed by atoms with Crippen LogP contribution in [0.5, 0.6) is 0 Å². The van der Waals surface area contributed by atoms with E-state index in [1.807, 2.05) is 6.92 Å². The Morgan fingerprint density at radius 2 is 1.95 bits per heavy atom. The average molecular weight is 343 g/mol. The Kier molecular flexibility index (Phi) is 4.02. The fourth-order valence-corrected chi connectivity index (χ4v) is 3.41. The second kappa shape index (κ2) is 5.13. The van der Waals surface area contributed by atoms with Crippen LogP contribution in [0.25, 0.3) is 0 Å². The van der Waals surface area contributed by atoms with Crippen molar-refractivity contribution in [1.82, 2.24) is 5.32 Å². The van der Waals surface area contributed by atoms with Crippen LogP contribution in [0.3, 0.4) is 0 Å². The first-order chi connectivity index (χ1) is 8.70. The summed E-state index contributed by atoms with van der Waals surface area (Å²) in [5.74, 6) is 0.0393. The maximum Gasteiger partial charge on any atom is 0.262 e. The quantitative estimate of drug-likeness (QED) is 0.859. The molecule has 1 aromatic carbocycles. The Balaban J connectivity index is 2.36. The van der Waals surface area contributed by atoms with E-state index in [1.165, 1.54) is 6.07 Å². The van der Waals surface area contributed by atoms with Gasteiger partial charge in [0.05, 0.1) is 10.0 Å². The molecule has 4 nitrogen and oxygen atoms in total. The highest BCUT2D eigenvalue weighted by Gasteiger charge is 2.34. The van der Waals surface area contributed by atoms with Gasteiger partial charge in [-0.1, -0.05) is 30.1 Å². The lowest BCUT2D eigenvalue weighted by Crippen LogP contribution is -2.26. The van der Waals surface area contributed by atoms with Crippen molar-refractivity contribution in [3.63, 3.8) is 0 Å². The van der Waals surface area contributed by atoms with E-state index < -0.39 is 15.0 Å². The standard InChI is InChI=1S/C11H10Cl3NO3S/c1-5-2-8(5)15-11(16)6-3-7(12)10(13)9(4-6)19(14,17)18/h3-5,8H,2H2,1H3,(H,15,16). The molecule has 1 fully saturated rings. The summed E-state index contributed by atoms with van der Waals surface area (Å²) in [7, 11) is 1.19. The summed E-state index contributed by atoms with van der Waals surface area (Å²) >= 11 is 11.6. The van der Waals surface area contributed by atoms with Crippen molar-refractivity contribution in [2.75, 3.05) is 0 Å². The Hall–Kier alpha value is -0.490. The molecule has 2 rings (SSSR count). The predicted molar refractivity (Wildman–Crippen MR) is 74.5 cm³/mol. The number of rotatable bonds is 3. The molecule has 8 heteroatoms. The number of carbonyl (C=O) groups excluding carboxylic acids is 1. The van der Waals surface area contributed by atoms with Crippen LogP contribution in [0.2, 0.25) is 10.0 Å². The average Bonchev–Trinajstić information content (AvgIpc) is 2.96. The zero-order chi connectivity index (χ0) is 14.4. The molecule has 0 aromatic heterocycles. The first-order valence-corrected chi connectivity index (χ1v) is 8.51. The fraction of sp³-hybridized carbons (Fsp3) is 0.364. The summed E-state index contributed by atoms with van der Waals surface area (Å²) in [6.45, 7) is 2.01. The van der Waals surface area contributed by atoms with E-state index in [4.69, 9.17) is 33.9 Å². The van der Waals surface area contributed by atoms with Gasteiger partial charge in [-0.25, -0.2) is 8.42 Å². The second-order valence-corrected chi connectivity index (χ2v) is 7.82. The molecule has 1 aliphatic rings. The van der Waals surface area contributed by atoms with Gasteiger partial charge < -0.3 is 5.32 Å². The van der Waals surface area contributed by atoms with Crippen molar-refractivity contribution < 1.29 is 13.2 Å². The number of hydrogen-bond donors (Lipinski definition) is 1. The molecule has 1 aromatic rings. The van der Waals surface area contributed by atoms with E-state index in [2.05, 4.69) is 5.32 Å². The summed E-state index contributed by atoms with van der Waals surface area (Å²) in [5.41, 5.74) is 0.118. The first kappa shape index (κ1) is 14.9. The van der Waals surface area contributed by atoms with Crippen LogP contribution >= 0.6 is 33.9 Å².